The maximum atomic E-state index is 10.9. The van der Waals surface area contributed by atoms with Gasteiger partial charge in [0.15, 0.2) is 10.3 Å². The van der Waals surface area contributed by atoms with Crippen LogP contribution in [-0.4, -0.2) is 31.0 Å². The molecule has 6 nitrogen and oxygen atoms in total. The van der Waals surface area contributed by atoms with Crippen molar-refractivity contribution in [2.75, 3.05) is 0 Å². The lowest BCUT2D eigenvalue weighted by Crippen LogP contribution is -2.03. The summed E-state index contributed by atoms with van der Waals surface area (Å²) in [7, 11) is 0. The number of rotatable bonds is 3. The molecule has 7 heteroatoms. The van der Waals surface area contributed by atoms with E-state index in [4.69, 9.17) is 5.11 Å². The fourth-order valence-corrected chi connectivity index (χ4v) is 2.53. The molecular weight excluding hydrogens is 276 g/mol. The Labute approximate surface area is 118 Å². The molecule has 0 saturated heterocycles. The molecule has 0 bridgehead atoms. The summed E-state index contributed by atoms with van der Waals surface area (Å²) in [5.41, 5.74) is 2.35. The number of nitrogens with one attached hydrogen (secondary N) is 1. The first-order chi connectivity index (χ1) is 9.63. The second kappa shape index (κ2) is 4.93. The normalized spacial score (nSPS) is 10.8. The molecule has 0 saturated carbocycles. The van der Waals surface area contributed by atoms with Gasteiger partial charge >= 0.3 is 5.97 Å². The highest BCUT2D eigenvalue weighted by Gasteiger charge is 2.12. The molecule has 3 rings (SSSR count). The summed E-state index contributed by atoms with van der Waals surface area (Å²) in [4.78, 5) is 26.7. The molecule has 2 heterocycles. The Morgan fingerprint density at radius 2 is 2.10 bits per heavy atom. The number of fused-ring (bicyclic) bond motifs is 1. The van der Waals surface area contributed by atoms with Gasteiger partial charge in [-0.05, 0) is 30.8 Å². The molecule has 0 unspecified atom stereocenters. The lowest BCUT2D eigenvalue weighted by molar-refractivity contribution is 0.0695. The third kappa shape index (κ3) is 2.35. The molecule has 0 aliphatic carbocycles. The zero-order valence-electron chi connectivity index (χ0n) is 10.5. The molecule has 3 aromatic rings. The average molecular weight is 286 g/mol. The molecule has 20 heavy (non-hydrogen) atoms. The number of carboxylic acid groups (broad SMARTS) is 1. The van der Waals surface area contributed by atoms with Crippen LogP contribution >= 0.6 is 11.8 Å². The van der Waals surface area contributed by atoms with Crippen molar-refractivity contribution in [3.8, 4) is 0 Å². The maximum absolute atomic E-state index is 10.9. The lowest BCUT2D eigenvalue weighted by Gasteiger charge is -2.01. The van der Waals surface area contributed by atoms with Crippen LogP contribution in [0.5, 0.6) is 0 Å². The number of imidazole rings is 1. The minimum atomic E-state index is -1.03. The van der Waals surface area contributed by atoms with E-state index >= 15 is 0 Å². The van der Waals surface area contributed by atoms with Crippen LogP contribution < -0.4 is 0 Å². The smallest absolute Gasteiger partial charge is 0.339 e. The van der Waals surface area contributed by atoms with Crippen molar-refractivity contribution >= 4 is 28.8 Å². The number of carboxylic acids is 1. The van der Waals surface area contributed by atoms with E-state index < -0.39 is 5.97 Å². The number of carbonyl (C=O) groups is 1. The second-order valence-electron chi connectivity index (χ2n) is 4.12. The van der Waals surface area contributed by atoms with Crippen molar-refractivity contribution in [1.29, 1.82) is 0 Å². The first-order valence-electron chi connectivity index (χ1n) is 5.83. The lowest BCUT2D eigenvalue weighted by atomic mass is 10.2. The van der Waals surface area contributed by atoms with Crippen molar-refractivity contribution in [3.05, 3.63) is 41.7 Å². The van der Waals surface area contributed by atoms with Gasteiger partial charge in [-0.3, -0.25) is 0 Å². The second-order valence-corrected chi connectivity index (χ2v) is 5.07. The fraction of sp³-hybridized carbons (Fsp3) is 0.0769. The van der Waals surface area contributed by atoms with E-state index in [9.17, 15) is 4.79 Å². The molecule has 0 aliphatic rings. The van der Waals surface area contributed by atoms with Gasteiger partial charge in [0.1, 0.15) is 0 Å². The zero-order chi connectivity index (χ0) is 14.1. The van der Waals surface area contributed by atoms with Crippen LogP contribution in [0.3, 0.4) is 0 Å². The van der Waals surface area contributed by atoms with Gasteiger partial charge in [-0.2, -0.15) is 0 Å². The molecule has 2 aromatic heterocycles. The number of aryl methyl sites for hydroxylation is 1. The van der Waals surface area contributed by atoms with E-state index in [0.29, 0.717) is 16.0 Å². The summed E-state index contributed by atoms with van der Waals surface area (Å²) in [5, 5.41) is 10.1. The highest BCUT2D eigenvalue weighted by atomic mass is 32.2. The number of aromatic amines is 1. The van der Waals surface area contributed by atoms with Crippen LogP contribution in [0.1, 0.15) is 16.1 Å². The van der Waals surface area contributed by atoms with Gasteiger partial charge in [-0.15, -0.1) is 0 Å². The van der Waals surface area contributed by atoms with E-state index in [1.807, 2.05) is 24.3 Å². The van der Waals surface area contributed by atoms with Crippen molar-refractivity contribution in [1.82, 2.24) is 19.9 Å². The standard InChI is InChI=1S/C13H10N4O2S/c1-7-8(11(18)19)6-14-12(15-7)20-13-16-9-4-2-3-5-10(9)17-13/h2-6H,1H3,(H,16,17)(H,18,19). The molecule has 0 fully saturated rings. The van der Waals surface area contributed by atoms with E-state index in [1.165, 1.54) is 18.0 Å². The van der Waals surface area contributed by atoms with Gasteiger partial charge in [-0.1, -0.05) is 12.1 Å². The maximum Gasteiger partial charge on any atom is 0.339 e. The summed E-state index contributed by atoms with van der Waals surface area (Å²) in [6, 6.07) is 7.69. The van der Waals surface area contributed by atoms with Gasteiger partial charge in [0.05, 0.1) is 22.3 Å². The van der Waals surface area contributed by atoms with Crippen molar-refractivity contribution in [2.45, 2.75) is 17.2 Å². The quantitative estimate of drug-likeness (QED) is 0.719. The van der Waals surface area contributed by atoms with Crippen LogP contribution in [-0.2, 0) is 0 Å². The molecule has 0 spiro atoms. The number of para-hydroxylation sites is 2. The number of aromatic nitrogens is 4. The van der Waals surface area contributed by atoms with E-state index in [0.717, 1.165) is 11.0 Å². The van der Waals surface area contributed by atoms with E-state index in [2.05, 4.69) is 19.9 Å². The monoisotopic (exact) mass is 286 g/mol. The Morgan fingerprint density at radius 1 is 1.30 bits per heavy atom. The van der Waals surface area contributed by atoms with Crippen molar-refractivity contribution in [3.63, 3.8) is 0 Å². The van der Waals surface area contributed by atoms with Crippen LogP contribution in [0.4, 0.5) is 0 Å². The molecule has 2 N–H and O–H groups in total. The largest absolute Gasteiger partial charge is 0.478 e. The summed E-state index contributed by atoms with van der Waals surface area (Å²) in [6.07, 6.45) is 1.32. The van der Waals surface area contributed by atoms with Crippen LogP contribution in [0, 0.1) is 6.92 Å². The minimum absolute atomic E-state index is 0.110. The average Bonchev–Trinajstić information content (AvgIpc) is 2.80. The van der Waals surface area contributed by atoms with E-state index in [1.54, 1.807) is 6.92 Å². The Hall–Kier alpha value is -2.41. The Morgan fingerprint density at radius 3 is 2.80 bits per heavy atom. The highest BCUT2D eigenvalue weighted by Crippen LogP contribution is 2.24. The summed E-state index contributed by atoms with van der Waals surface area (Å²) < 4.78 is 0. The van der Waals surface area contributed by atoms with Crippen molar-refractivity contribution in [2.24, 2.45) is 0 Å². The summed E-state index contributed by atoms with van der Waals surface area (Å²) in [5.74, 6) is -1.03. The number of aromatic carboxylic acids is 1. The number of hydrogen-bond acceptors (Lipinski definition) is 5. The summed E-state index contributed by atoms with van der Waals surface area (Å²) >= 11 is 1.27. The predicted molar refractivity (Wildman–Crippen MR) is 73.9 cm³/mol. The predicted octanol–water partition coefficient (Wildman–Crippen LogP) is 2.51. The molecule has 1 aromatic carbocycles. The summed E-state index contributed by atoms with van der Waals surface area (Å²) in [6.45, 7) is 1.65. The third-order valence-corrected chi connectivity index (χ3v) is 3.51. The first-order valence-corrected chi connectivity index (χ1v) is 6.64. The number of nitrogens with zero attached hydrogens (tertiary/aromatic N) is 3. The fourth-order valence-electron chi connectivity index (χ4n) is 1.77. The van der Waals surface area contributed by atoms with Crippen LogP contribution in [0.15, 0.2) is 40.8 Å². The van der Waals surface area contributed by atoms with E-state index in [-0.39, 0.29) is 5.56 Å². The Bertz CT molecular complexity index is 767. The zero-order valence-corrected chi connectivity index (χ0v) is 11.3. The molecule has 0 radical (unpaired) electrons. The molecule has 0 aliphatic heterocycles. The SMILES string of the molecule is Cc1nc(Sc2nc3ccccc3[nH]2)ncc1C(=O)O. The first kappa shape index (κ1) is 12.6. The number of H-pyrrole nitrogens is 1. The van der Waals surface area contributed by atoms with Crippen LogP contribution in [0.2, 0.25) is 0 Å². The number of benzene rings is 1. The number of hydrogen-bond donors (Lipinski definition) is 2. The van der Waals surface area contributed by atoms with Gasteiger partial charge in [0.2, 0.25) is 0 Å². The highest BCUT2D eigenvalue weighted by molar-refractivity contribution is 7.99. The Balaban J connectivity index is 1.90. The van der Waals surface area contributed by atoms with Crippen LogP contribution in [0.25, 0.3) is 11.0 Å². The molecule has 0 atom stereocenters. The topological polar surface area (TPSA) is 91.8 Å². The third-order valence-electron chi connectivity index (χ3n) is 2.74. The molecule has 100 valence electrons. The molecular formula is C13H10N4O2S. The van der Waals surface area contributed by atoms with Gasteiger partial charge in [0.25, 0.3) is 0 Å². The minimum Gasteiger partial charge on any atom is -0.478 e. The van der Waals surface area contributed by atoms with Gasteiger partial charge in [0, 0.05) is 6.20 Å². The van der Waals surface area contributed by atoms with Gasteiger partial charge < -0.3 is 10.1 Å². The van der Waals surface area contributed by atoms with Crippen molar-refractivity contribution < 1.29 is 9.90 Å². The van der Waals surface area contributed by atoms with Gasteiger partial charge in [-0.25, -0.2) is 19.7 Å². The Kier molecular flexibility index (Phi) is 3.11. The molecule has 0 amide bonds.